The quantitative estimate of drug-likeness (QED) is 0.667. The zero-order valence-corrected chi connectivity index (χ0v) is 9.05. The van der Waals surface area contributed by atoms with Crippen LogP contribution in [0.3, 0.4) is 0 Å². The van der Waals surface area contributed by atoms with Crippen molar-refractivity contribution in [1.29, 1.82) is 0 Å². The molecule has 1 aliphatic heterocycles. The van der Waals surface area contributed by atoms with Crippen molar-refractivity contribution in [1.82, 2.24) is 0 Å². The van der Waals surface area contributed by atoms with Crippen LogP contribution in [0.5, 0.6) is 0 Å². The number of rotatable bonds is 2. The van der Waals surface area contributed by atoms with Gasteiger partial charge < -0.3 is 9.84 Å². The van der Waals surface area contributed by atoms with Crippen LogP contribution in [0.4, 0.5) is 0 Å². The summed E-state index contributed by atoms with van der Waals surface area (Å²) in [4.78, 5) is 0. The van der Waals surface area contributed by atoms with Gasteiger partial charge in [0, 0.05) is 0 Å². The molecular weight excluding hydrogens is 164 g/mol. The van der Waals surface area contributed by atoms with E-state index in [2.05, 4.69) is 6.58 Å². The van der Waals surface area contributed by atoms with Crippen molar-refractivity contribution < 1.29 is 9.84 Å². The molecule has 13 heavy (non-hydrogen) atoms. The molecule has 2 heteroatoms. The van der Waals surface area contributed by atoms with Gasteiger partial charge in [-0.25, -0.2) is 0 Å². The lowest BCUT2D eigenvalue weighted by molar-refractivity contribution is -0.164. The topological polar surface area (TPSA) is 29.5 Å². The largest absolute Gasteiger partial charge is 0.387 e. The number of hydrogen-bond acceptors (Lipinski definition) is 2. The Bertz CT molecular complexity index is 217. The number of hydrogen-bond donors (Lipinski definition) is 1. The molecule has 1 fully saturated rings. The summed E-state index contributed by atoms with van der Waals surface area (Å²) in [7, 11) is 0. The standard InChI is InChI=1S/C11H20O2/c1-6-10(4)7-8-11(5,13-10)9(2,3)12/h6,12H,1,7-8H2,2-5H3/t10-,11-/m1/s1. The Morgan fingerprint density at radius 1 is 1.38 bits per heavy atom. The van der Waals surface area contributed by atoms with Gasteiger partial charge in [0.15, 0.2) is 0 Å². The first-order valence-electron chi connectivity index (χ1n) is 4.79. The van der Waals surface area contributed by atoms with Crippen molar-refractivity contribution in [2.45, 2.75) is 57.3 Å². The molecule has 76 valence electrons. The average molecular weight is 184 g/mol. The molecule has 0 radical (unpaired) electrons. The monoisotopic (exact) mass is 184 g/mol. The summed E-state index contributed by atoms with van der Waals surface area (Å²) in [6.45, 7) is 11.3. The molecule has 0 unspecified atom stereocenters. The normalized spacial score (nSPS) is 40.7. The van der Waals surface area contributed by atoms with E-state index in [0.717, 1.165) is 12.8 Å². The van der Waals surface area contributed by atoms with E-state index in [1.54, 1.807) is 13.8 Å². The van der Waals surface area contributed by atoms with Crippen LogP contribution in [-0.2, 0) is 4.74 Å². The molecule has 0 aliphatic carbocycles. The average Bonchev–Trinajstić information content (AvgIpc) is 2.29. The molecule has 0 aromatic heterocycles. The molecule has 0 saturated carbocycles. The van der Waals surface area contributed by atoms with Crippen LogP contribution in [0.15, 0.2) is 12.7 Å². The van der Waals surface area contributed by atoms with E-state index in [9.17, 15) is 5.11 Å². The van der Waals surface area contributed by atoms with E-state index in [4.69, 9.17) is 4.74 Å². The maximum Gasteiger partial charge on any atom is 0.0947 e. The molecule has 1 rings (SSSR count). The molecule has 1 aliphatic rings. The second-order valence-corrected chi connectivity index (χ2v) is 4.91. The number of aliphatic hydroxyl groups is 1. The highest BCUT2D eigenvalue weighted by Gasteiger charge is 2.50. The summed E-state index contributed by atoms with van der Waals surface area (Å²) in [5.74, 6) is 0. The molecule has 1 saturated heterocycles. The predicted molar refractivity (Wildman–Crippen MR) is 53.6 cm³/mol. The zero-order valence-electron chi connectivity index (χ0n) is 9.05. The molecule has 2 nitrogen and oxygen atoms in total. The summed E-state index contributed by atoms with van der Waals surface area (Å²) < 4.78 is 5.88. The fourth-order valence-corrected chi connectivity index (χ4v) is 1.68. The van der Waals surface area contributed by atoms with Crippen LogP contribution < -0.4 is 0 Å². The summed E-state index contributed by atoms with van der Waals surface area (Å²) >= 11 is 0. The van der Waals surface area contributed by atoms with Crippen LogP contribution in [0.1, 0.15) is 40.5 Å². The van der Waals surface area contributed by atoms with Crippen molar-refractivity contribution in [2.75, 3.05) is 0 Å². The zero-order chi connectivity index (χ0) is 10.3. The van der Waals surface area contributed by atoms with Crippen LogP contribution in [0.2, 0.25) is 0 Å². The first kappa shape index (κ1) is 10.7. The van der Waals surface area contributed by atoms with E-state index >= 15 is 0 Å². The second-order valence-electron chi connectivity index (χ2n) is 4.91. The summed E-state index contributed by atoms with van der Waals surface area (Å²) in [6.07, 6.45) is 3.62. The van der Waals surface area contributed by atoms with Crippen LogP contribution in [0.25, 0.3) is 0 Å². The van der Waals surface area contributed by atoms with Gasteiger partial charge in [-0.3, -0.25) is 0 Å². The third-order valence-corrected chi connectivity index (χ3v) is 3.28. The van der Waals surface area contributed by atoms with Crippen molar-refractivity contribution in [3.05, 3.63) is 12.7 Å². The van der Waals surface area contributed by atoms with E-state index in [-0.39, 0.29) is 5.60 Å². The molecule has 0 aromatic rings. The first-order chi connectivity index (χ1) is 5.72. The minimum absolute atomic E-state index is 0.269. The Hall–Kier alpha value is -0.340. The van der Waals surface area contributed by atoms with Gasteiger partial charge in [0.2, 0.25) is 0 Å². The second kappa shape index (κ2) is 2.82. The van der Waals surface area contributed by atoms with Crippen molar-refractivity contribution in [2.24, 2.45) is 0 Å². The SMILES string of the molecule is C=C[C@]1(C)CC[C@](C)(C(C)(C)O)O1. The van der Waals surface area contributed by atoms with Crippen LogP contribution in [0, 0.1) is 0 Å². The summed E-state index contributed by atoms with van der Waals surface area (Å²) in [5.41, 5.74) is -1.52. The van der Waals surface area contributed by atoms with E-state index in [1.165, 1.54) is 0 Å². The smallest absolute Gasteiger partial charge is 0.0947 e. The molecule has 0 amide bonds. The van der Waals surface area contributed by atoms with Gasteiger partial charge in [-0.1, -0.05) is 6.08 Å². The highest BCUT2D eigenvalue weighted by molar-refractivity contribution is 5.07. The Balaban J connectivity index is 2.84. The lowest BCUT2D eigenvalue weighted by Crippen LogP contribution is -2.48. The molecular formula is C11H20O2. The van der Waals surface area contributed by atoms with Crippen molar-refractivity contribution >= 4 is 0 Å². The third-order valence-electron chi connectivity index (χ3n) is 3.28. The van der Waals surface area contributed by atoms with E-state index in [1.807, 2.05) is 19.9 Å². The number of ether oxygens (including phenoxy) is 1. The van der Waals surface area contributed by atoms with Crippen molar-refractivity contribution in [3.63, 3.8) is 0 Å². The van der Waals surface area contributed by atoms with E-state index in [0.29, 0.717) is 0 Å². The molecule has 0 aromatic carbocycles. The van der Waals surface area contributed by atoms with Gasteiger partial charge in [-0.15, -0.1) is 6.58 Å². The van der Waals surface area contributed by atoms with Crippen molar-refractivity contribution in [3.8, 4) is 0 Å². The summed E-state index contributed by atoms with van der Waals surface area (Å²) in [6, 6.07) is 0. The molecule has 0 spiro atoms. The minimum atomic E-state index is -0.798. The Morgan fingerprint density at radius 2 is 1.92 bits per heavy atom. The van der Waals surface area contributed by atoms with Crippen LogP contribution >= 0.6 is 0 Å². The summed E-state index contributed by atoms with van der Waals surface area (Å²) in [5, 5.41) is 9.95. The minimum Gasteiger partial charge on any atom is -0.387 e. The lowest BCUT2D eigenvalue weighted by atomic mass is 9.85. The van der Waals surface area contributed by atoms with Gasteiger partial charge in [0.05, 0.1) is 16.8 Å². The third kappa shape index (κ3) is 1.79. The molecule has 1 heterocycles. The maximum absolute atomic E-state index is 9.95. The van der Waals surface area contributed by atoms with Gasteiger partial charge in [0.1, 0.15) is 0 Å². The van der Waals surface area contributed by atoms with Gasteiger partial charge in [-0.2, -0.15) is 0 Å². The molecule has 2 atom stereocenters. The maximum atomic E-state index is 9.95. The van der Waals surface area contributed by atoms with Gasteiger partial charge >= 0.3 is 0 Å². The predicted octanol–water partition coefficient (Wildman–Crippen LogP) is 2.27. The lowest BCUT2D eigenvalue weighted by Gasteiger charge is -2.38. The molecule has 0 bridgehead atoms. The fraction of sp³-hybridized carbons (Fsp3) is 0.818. The Kier molecular flexibility index (Phi) is 2.33. The Labute approximate surface area is 80.6 Å². The van der Waals surface area contributed by atoms with Crippen LogP contribution in [-0.4, -0.2) is 21.9 Å². The Morgan fingerprint density at radius 3 is 2.15 bits per heavy atom. The molecule has 1 N–H and O–H groups in total. The highest BCUT2D eigenvalue weighted by Crippen LogP contribution is 2.43. The van der Waals surface area contributed by atoms with E-state index < -0.39 is 11.2 Å². The van der Waals surface area contributed by atoms with Gasteiger partial charge in [0.25, 0.3) is 0 Å². The highest BCUT2D eigenvalue weighted by atomic mass is 16.5. The first-order valence-corrected chi connectivity index (χ1v) is 4.79. The fourth-order valence-electron chi connectivity index (χ4n) is 1.68. The van der Waals surface area contributed by atoms with Gasteiger partial charge in [-0.05, 0) is 40.5 Å².